The van der Waals surface area contributed by atoms with Crippen molar-refractivity contribution in [2.24, 2.45) is 0 Å². The lowest BCUT2D eigenvalue weighted by Gasteiger charge is -2.18. The first kappa shape index (κ1) is 19.7. The summed E-state index contributed by atoms with van der Waals surface area (Å²) in [4.78, 5) is 30.3. The molecule has 3 rings (SSSR count). The first-order valence-electron chi connectivity index (χ1n) is 8.66. The molecule has 0 saturated heterocycles. The fourth-order valence-corrected chi connectivity index (χ4v) is 3.50. The second-order valence-electron chi connectivity index (χ2n) is 6.25. The van der Waals surface area contributed by atoms with Gasteiger partial charge in [0.1, 0.15) is 6.61 Å². The fourth-order valence-electron chi connectivity index (χ4n) is 2.63. The number of carbonyl (C=O) groups is 2. The second-order valence-corrected chi connectivity index (χ2v) is 7.08. The Morgan fingerprint density at radius 3 is 2.57 bits per heavy atom. The SMILES string of the molecule is CC(=O)N(c1cccc(C)c1)c1nc(COC(=O)c2ccc(CO)cc2)cs1. The van der Waals surface area contributed by atoms with Gasteiger partial charge in [-0.05, 0) is 42.3 Å². The van der Waals surface area contributed by atoms with E-state index in [9.17, 15) is 9.59 Å². The highest BCUT2D eigenvalue weighted by Gasteiger charge is 2.18. The van der Waals surface area contributed by atoms with Crippen LogP contribution in [0.15, 0.2) is 53.9 Å². The van der Waals surface area contributed by atoms with Crippen LogP contribution >= 0.6 is 11.3 Å². The van der Waals surface area contributed by atoms with E-state index in [0.717, 1.165) is 16.8 Å². The lowest BCUT2D eigenvalue weighted by molar-refractivity contribution is -0.115. The van der Waals surface area contributed by atoms with E-state index in [0.29, 0.717) is 16.4 Å². The van der Waals surface area contributed by atoms with Gasteiger partial charge in [0.2, 0.25) is 5.91 Å². The molecule has 0 spiro atoms. The molecule has 1 N–H and O–H groups in total. The van der Waals surface area contributed by atoms with E-state index in [1.807, 2.05) is 31.2 Å². The molecule has 0 aliphatic heterocycles. The predicted octanol–water partition coefficient (Wildman–Crippen LogP) is 3.99. The number of nitrogens with zero attached hydrogens (tertiary/aromatic N) is 2. The molecule has 28 heavy (non-hydrogen) atoms. The van der Waals surface area contributed by atoms with E-state index in [4.69, 9.17) is 9.84 Å². The number of aromatic nitrogens is 1. The van der Waals surface area contributed by atoms with Crippen LogP contribution in [0.2, 0.25) is 0 Å². The molecule has 3 aromatic rings. The smallest absolute Gasteiger partial charge is 0.338 e. The van der Waals surface area contributed by atoms with Gasteiger partial charge in [-0.25, -0.2) is 9.78 Å². The topological polar surface area (TPSA) is 79.7 Å². The number of amides is 1. The zero-order valence-corrected chi connectivity index (χ0v) is 16.4. The van der Waals surface area contributed by atoms with Crippen LogP contribution in [0.25, 0.3) is 0 Å². The van der Waals surface area contributed by atoms with Crippen LogP contribution in [-0.4, -0.2) is 22.0 Å². The summed E-state index contributed by atoms with van der Waals surface area (Å²) in [6.07, 6.45) is 0. The molecule has 2 aromatic carbocycles. The molecule has 7 heteroatoms. The summed E-state index contributed by atoms with van der Waals surface area (Å²) in [6.45, 7) is 3.38. The lowest BCUT2D eigenvalue weighted by Crippen LogP contribution is -2.22. The van der Waals surface area contributed by atoms with Gasteiger partial charge in [-0.1, -0.05) is 24.3 Å². The maximum atomic E-state index is 12.2. The molecule has 0 radical (unpaired) electrons. The molecule has 0 bridgehead atoms. The van der Waals surface area contributed by atoms with Crippen LogP contribution in [0.4, 0.5) is 10.8 Å². The number of ether oxygens (including phenoxy) is 1. The predicted molar refractivity (Wildman–Crippen MR) is 108 cm³/mol. The Labute approximate surface area is 167 Å². The molecule has 144 valence electrons. The summed E-state index contributed by atoms with van der Waals surface area (Å²) < 4.78 is 5.31. The second kappa shape index (κ2) is 8.77. The molecule has 6 nitrogen and oxygen atoms in total. The Kier molecular flexibility index (Phi) is 6.18. The first-order valence-corrected chi connectivity index (χ1v) is 9.54. The molecular weight excluding hydrogens is 376 g/mol. The minimum Gasteiger partial charge on any atom is -0.456 e. The highest BCUT2D eigenvalue weighted by atomic mass is 32.1. The van der Waals surface area contributed by atoms with Crippen molar-refractivity contribution >= 4 is 34.0 Å². The van der Waals surface area contributed by atoms with E-state index in [-0.39, 0.29) is 19.1 Å². The number of rotatable bonds is 6. The van der Waals surface area contributed by atoms with Crippen molar-refractivity contribution in [2.45, 2.75) is 27.1 Å². The van der Waals surface area contributed by atoms with Gasteiger partial charge in [0.25, 0.3) is 0 Å². The monoisotopic (exact) mass is 396 g/mol. The highest BCUT2D eigenvalue weighted by Crippen LogP contribution is 2.29. The average Bonchev–Trinajstić information content (AvgIpc) is 3.14. The van der Waals surface area contributed by atoms with Gasteiger partial charge in [0.05, 0.1) is 23.6 Å². The lowest BCUT2D eigenvalue weighted by atomic mass is 10.1. The van der Waals surface area contributed by atoms with Crippen LogP contribution in [0.5, 0.6) is 0 Å². The number of hydrogen-bond donors (Lipinski definition) is 1. The zero-order valence-electron chi connectivity index (χ0n) is 15.6. The van der Waals surface area contributed by atoms with Gasteiger partial charge < -0.3 is 9.84 Å². The minimum absolute atomic E-state index is 0.0106. The number of thiazole rings is 1. The van der Waals surface area contributed by atoms with Crippen LogP contribution in [0.3, 0.4) is 0 Å². The molecule has 0 aliphatic rings. The van der Waals surface area contributed by atoms with E-state index < -0.39 is 5.97 Å². The highest BCUT2D eigenvalue weighted by molar-refractivity contribution is 7.14. The van der Waals surface area contributed by atoms with Gasteiger partial charge in [-0.2, -0.15) is 0 Å². The van der Waals surface area contributed by atoms with Crippen molar-refractivity contribution < 1.29 is 19.4 Å². The normalized spacial score (nSPS) is 10.5. The van der Waals surface area contributed by atoms with Crippen molar-refractivity contribution in [3.05, 3.63) is 76.3 Å². The van der Waals surface area contributed by atoms with E-state index in [2.05, 4.69) is 4.98 Å². The molecule has 0 aliphatic carbocycles. The summed E-state index contributed by atoms with van der Waals surface area (Å²) in [6, 6.07) is 14.2. The Hall–Kier alpha value is -3.03. The third-order valence-corrected chi connectivity index (χ3v) is 4.90. The third-order valence-electron chi connectivity index (χ3n) is 4.03. The molecule has 0 atom stereocenters. The van der Waals surface area contributed by atoms with Crippen molar-refractivity contribution in [3.63, 3.8) is 0 Å². The number of benzene rings is 2. The van der Waals surface area contributed by atoms with Crippen LogP contribution in [-0.2, 0) is 22.7 Å². The summed E-state index contributed by atoms with van der Waals surface area (Å²) in [7, 11) is 0. The van der Waals surface area contributed by atoms with Crippen molar-refractivity contribution in [3.8, 4) is 0 Å². The number of carbonyl (C=O) groups excluding carboxylic acids is 2. The summed E-state index contributed by atoms with van der Waals surface area (Å²) >= 11 is 1.31. The molecule has 1 amide bonds. The Balaban J connectivity index is 1.70. The van der Waals surface area contributed by atoms with Gasteiger partial charge in [-0.3, -0.25) is 9.69 Å². The number of aliphatic hydroxyl groups excluding tert-OH is 1. The summed E-state index contributed by atoms with van der Waals surface area (Å²) in [5.41, 5.74) is 3.48. The first-order chi connectivity index (χ1) is 13.5. The van der Waals surface area contributed by atoms with E-state index >= 15 is 0 Å². The largest absolute Gasteiger partial charge is 0.456 e. The van der Waals surface area contributed by atoms with Crippen LogP contribution < -0.4 is 4.90 Å². The number of esters is 1. The number of aryl methyl sites for hydroxylation is 1. The summed E-state index contributed by atoms with van der Waals surface area (Å²) in [5, 5.41) is 11.3. The Bertz CT molecular complexity index is 982. The van der Waals surface area contributed by atoms with Crippen LogP contribution in [0.1, 0.15) is 34.1 Å². The molecular formula is C21H20N2O4S. The van der Waals surface area contributed by atoms with Crippen molar-refractivity contribution in [1.29, 1.82) is 0 Å². The number of hydrogen-bond acceptors (Lipinski definition) is 6. The van der Waals surface area contributed by atoms with Gasteiger partial charge in [-0.15, -0.1) is 11.3 Å². The van der Waals surface area contributed by atoms with E-state index in [1.165, 1.54) is 23.2 Å². The maximum Gasteiger partial charge on any atom is 0.338 e. The minimum atomic E-state index is -0.471. The summed E-state index contributed by atoms with van der Waals surface area (Å²) in [5.74, 6) is -0.617. The van der Waals surface area contributed by atoms with E-state index in [1.54, 1.807) is 29.6 Å². The quantitative estimate of drug-likeness (QED) is 0.638. The number of aliphatic hydroxyl groups is 1. The molecule has 1 heterocycles. The number of anilines is 2. The van der Waals surface area contributed by atoms with Gasteiger partial charge in [0.15, 0.2) is 5.13 Å². The molecule has 0 fully saturated rings. The molecule has 0 saturated carbocycles. The van der Waals surface area contributed by atoms with Crippen molar-refractivity contribution in [2.75, 3.05) is 4.90 Å². The molecule has 1 aromatic heterocycles. The van der Waals surface area contributed by atoms with Gasteiger partial charge >= 0.3 is 5.97 Å². The van der Waals surface area contributed by atoms with Crippen LogP contribution in [0, 0.1) is 6.92 Å². The maximum absolute atomic E-state index is 12.2. The third kappa shape index (κ3) is 4.62. The Morgan fingerprint density at radius 1 is 1.18 bits per heavy atom. The van der Waals surface area contributed by atoms with Gasteiger partial charge in [0, 0.05) is 12.3 Å². The Morgan fingerprint density at radius 2 is 1.93 bits per heavy atom. The average molecular weight is 396 g/mol. The van der Waals surface area contributed by atoms with Crippen molar-refractivity contribution in [1.82, 2.24) is 4.98 Å². The zero-order chi connectivity index (χ0) is 20.1. The standard InChI is InChI=1S/C21H20N2O4S/c1-14-4-3-5-19(10-14)23(15(2)25)21-22-18(13-28-21)12-27-20(26)17-8-6-16(11-24)7-9-17/h3-10,13,24H,11-12H2,1-2H3. The fraction of sp³-hybridized carbons (Fsp3) is 0.190. The molecule has 0 unspecified atom stereocenters.